The van der Waals surface area contributed by atoms with Crippen molar-refractivity contribution in [1.29, 1.82) is 0 Å². The van der Waals surface area contributed by atoms with Gasteiger partial charge in [-0.25, -0.2) is 0 Å². The highest BCUT2D eigenvalue weighted by molar-refractivity contribution is 14.1. The summed E-state index contributed by atoms with van der Waals surface area (Å²) in [6.45, 7) is 3.54. The number of halogens is 1. The van der Waals surface area contributed by atoms with Gasteiger partial charge in [-0.1, -0.05) is 35.9 Å². The number of hydrogen-bond donors (Lipinski definition) is 0. The molecule has 0 radical (unpaired) electrons. The van der Waals surface area contributed by atoms with Crippen molar-refractivity contribution in [3.63, 3.8) is 0 Å². The Bertz CT molecular complexity index is 104. The van der Waals surface area contributed by atoms with Gasteiger partial charge in [0, 0.05) is 11.4 Å². The lowest BCUT2D eigenvalue weighted by Crippen LogP contribution is -2.17. The quantitative estimate of drug-likeness (QED) is 0.437. The van der Waals surface area contributed by atoms with Crippen LogP contribution in [0.15, 0.2) is 0 Å². The Morgan fingerprint density at radius 3 is 2.60 bits per heavy atom. The van der Waals surface area contributed by atoms with E-state index in [1.807, 2.05) is 0 Å². The van der Waals surface area contributed by atoms with Crippen molar-refractivity contribution >= 4 is 28.6 Å². The van der Waals surface area contributed by atoms with Gasteiger partial charge in [0.2, 0.25) is 0 Å². The molecular weight excluding hydrogens is 243 g/mol. The largest absolute Gasteiger partial charge is 0.462 e. The monoisotopic (exact) mass is 256 g/mol. The van der Waals surface area contributed by atoms with Crippen molar-refractivity contribution in [2.24, 2.45) is 0 Å². The van der Waals surface area contributed by atoms with Crippen molar-refractivity contribution < 1.29 is 9.53 Å². The van der Waals surface area contributed by atoms with Crippen LogP contribution < -0.4 is 0 Å². The molecule has 1 atom stereocenters. The molecule has 0 fully saturated rings. The van der Waals surface area contributed by atoms with Crippen LogP contribution in [0.3, 0.4) is 0 Å². The average molecular weight is 256 g/mol. The maximum absolute atomic E-state index is 10.5. The summed E-state index contributed by atoms with van der Waals surface area (Å²) in [4.78, 5) is 10.5. The molecule has 0 saturated carbocycles. The number of rotatable bonds is 4. The smallest absolute Gasteiger partial charge is 0.302 e. The predicted molar refractivity (Wildman–Crippen MR) is 49.3 cm³/mol. The van der Waals surface area contributed by atoms with Gasteiger partial charge >= 0.3 is 5.97 Å². The number of esters is 1. The van der Waals surface area contributed by atoms with Crippen LogP contribution in [0.2, 0.25) is 0 Å². The molecule has 2 nitrogen and oxygen atoms in total. The van der Waals surface area contributed by atoms with E-state index in [0.29, 0.717) is 0 Å². The molecule has 0 heterocycles. The van der Waals surface area contributed by atoms with Gasteiger partial charge in [0.05, 0.1) is 0 Å². The van der Waals surface area contributed by atoms with E-state index in [1.54, 1.807) is 0 Å². The van der Waals surface area contributed by atoms with Gasteiger partial charge in [-0.15, -0.1) is 0 Å². The van der Waals surface area contributed by atoms with Crippen LogP contribution >= 0.6 is 22.6 Å². The fourth-order valence-corrected chi connectivity index (χ4v) is 1.34. The highest BCUT2D eigenvalue weighted by Crippen LogP contribution is 2.05. The minimum atomic E-state index is -0.171. The Hall–Kier alpha value is 0.200. The molecule has 0 saturated heterocycles. The second kappa shape index (κ2) is 5.95. The summed E-state index contributed by atoms with van der Waals surface area (Å²) in [5, 5.41) is 0. The molecule has 0 aromatic rings. The third-order valence-corrected chi connectivity index (χ3v) is 2.10. The first-order valence-electron chi connectivity index (χ1n) is 3.43. The summed E-state index contributed by atoms with van der Waals surface area (Å²) < 4.78 is 5.89. The zero-order chi connectivity index (χ0) is 7.98. The van der Waals surface area contributed by atoms with Gasteiger partial charge in [-0.05, 0) is 6.42 Å². The summed E-state index contributed by atoms with van der Waals surface area (Å²) in [5.41, 5.74) is 0. The van der Waals surface area contributed by atoms with Gasteiger partial charge in [0.15, 0.2) is 0 Å². The van der Waals surface area contributed by atoms with Crippen LogP contribution in [0.1, 0.15) is 26.7 Å². The van der Waals surface area contributed by atoms with Gasteiger partial charge in [0.1, 0.15) is 6.10 Å². The molecule has 60 valence electrons. The Morgan fingerprint density at radius 2 is 2.30 bits per heavy atom. The summed E-state index contributed by atoms with van der Waals surface area (Å²) in [6, 6.07) is 0. The maximum Gasteiger partial charge on any atom is 0.302 e. The first-order valence-corrected chi connectivity index (χ1v) is 4.96. The number of alkyl halides is 1. The standard InChI is InChI=1S/C7H13IO2/c1-3-4-7(5-8)10-6(2)9/h7H,3-5H2,1-2H3/t7-/m1/s1. The van der Waals surface area contributed by atoms with E-state index >= 15 is 0 Å². The minimum Gasteiger partial charge on any atom is -0.462 e. The Labute approximate surface area is 75.5 Å². The van der Waals surface area contributed by atoms with Crippen molar-refractivity contribution in [3.8, 4) is 0 Å². The van der Waals surface area contributed by atoms with E-state index in [0.717, 1.165) is 17.3 Å². The van der Waals surface area contributed by atoms with Crippen LogP contribution in [0.25, 0.3) is 0 Å². The Morgan fingerprint density at radius 1 is 1.70 bits per heavy atom. The topological polar surface area (TPSA) is 26.3 Å². The van der Waals surface area contributed by atoms with Crippen molar-refractivity contribution in [1.82, 2.24) is 0 Å². The first-order chi connectivity index (χ1) is 4.70. The molecule has 10 heavy (non-hydrogen) atoms. The van der Waals surface area contributed by atoms with Crippen molar-refractivity contribution in [3.05, 3.63) is 0 Å². The van der Waals surface area contributed by atoms with Crippen molar-refractivity contribution in [2.75, 3.05) is 4.43 Å². The number of carbonyl (C=O) groups is 1. The third-order valence-electron chi connectivity index (χ3n) is 1.12. The number of carbonyl (C=O) groups excluding carboxylic acids is 1. The van der Waals surface area contributed by atoms with Crippen LogP contribution in [0, 0.1) is 0 Å². The Kier molecular flexibility index (Phi) is 6.06. The van der Waals surface area contributed by atoms with Gasteiger partial charge in [-0.3, -0.25) is 4.79 Å². The Balaban J connectivity index is 3.49. The SMILES string of the molecule is CCC[C@H](CI)OC(C)=O. The fourth-order valence-electron chi connectivity index (χ4n) is 0.724. The van der Waals surface area contributed by atoms with E-state index in [1.165, 1.54) is 6.92 Å². The molecule has 0 aliphatic carbocycles. The van der Waals surface area contributed by atoms with Crippen LogP contribution in [0.5, 0.6) is 0 Å². The minimum absolute atomic E-state index is 0.128. The lowest BCUT2D eigenvalue weighted by Gasteiger charge is -2.11. The molecule has 0 aliphatic rings. The molecule has 0 aromatic carbocycles. The van der Waals surface area contributed by atoms with Gasteiger partial charge in [0.25, 0.3) is 0 Å². The molecule has 0 unspecified atom stereocenters. The highest BCUT2D eigenvalue weighted by Gasteiger charge is 2.07. The summed E-state index contributed by atoms with van der Waals surface area (Å²) in [5.74, 6) is -0.171. The van der Waals surface area contributed by atoms with E-state index in [2.05, 4.69) is 29.5 Å². The average Bonchev–Trinajstić information content (AvgIpc) is 1.86. The third kappa shape index (κ3) is 5.02. The number of ether oxygens (including phenoxy) is 1. The second-order valence-corrected chi connectivity index (χ2v) is 3.06. The summed E-state index contributed by atoms with van der Waals surface area (Å²) >= 11 is 2.23. The fraction of sp³-hybridized carbons (Fsp3) is 0.857. The lowest BCUT2D eigenvalue weighted by molar-refractivity contribution is -0.145. The zero-order valence-corrected chi connectivity index (χ0v) is 8.55. The molecule has 0 aliphatic heterocycles. The second-order valence-electron chi connectivity index (χ2n) is 2.17. The molecule has 0 N–H and O–H groups in total. The summed E-state index contributed by atoms with van der Waals surface area (Å²) in [7, 11) is 0. The van der Waals surface area contributed by atoms with Gasteiger partial charge in [-0.2, -0.15) is 0 Å². The van der Waals surface area contributed by atoms with Crippen LogP contribution in [0.4, 0.5) is 0 Å². The lowest BCUT2D eigenvalue weighted by atomic mass is 10.2. The maximum atomic E-state index is 10.5. The first kappa shape index (κ1) is 10.2. The highest BCUT2D eigenvalue weighted by atomic mass is 127. The van der Waals surface area contributed by atoms with Crippen LogP contribution in [-0.4, -0.2) is 16.5 Å². The zero-order valence-electron chi connectivity index (χ0n) is 6.39. The number of hydrogen-bond acceptors (Lipinski definition) is 2. The van der Waals surface area contributed by atoms with Crippen LogP contribution in [-0.2, 0) is 9.53 Å². The molecule has 0 spiro atoms. The van der Waals surface area contributed by atoms with E-state index in [9.17, 15) is 4.79 Å². The normalized spacial score (nSPS) is 12.7. The van der Waals surface area contributed by atoms with Gasteiger partial charge < -0.3 is 4.74 Å². The predicted octanol–water partition coefficient (Wildman–Crippen LogP) is 2.15. The van der Waals surface area contributed by atoms with E-state index in [4.69, 9.17) is 4.74 Å². The molecule has 0 amide bonds. The van der Waals surface area contributed by atoms with E-state index in [-0.39, 0.29) is 12.1 Å². The van der Waals surface area contributed by atoms with E-state index < -0.39 is 0 Å². The molecule has 3 heteroatoms. The molecule has 0 aromatic heterocycles. The van der Waals surface area contributed by atoms with Crippen molar-refractivity contribution in [2.45, 2.75) is 32.8 Å². The molecule has 0 rings (SSSR count). The molecular formula is C7H13IO2. The summed E-state index contributed by atoms with van der Waals surface area (Å²) in [6.07, 6.45) is 2.17. The molecule has 0 bridgehead atoms.